The summed E-state index contributed by atoms with van der Waals surface area (Å²) in [4.78, 5) is 14.0. The van der Waals surface area contributed by atoms with Crippen molar-refractivity contribution in [1.82, 2.24) is 10.2 Å². The van der Waals surface area contributed by atoms with Crippen LogP contribution in [0.2, 0.25) is 0 Å². The highest BCUT2D eigenvalue weighted by atomic mass is 16.2. The predicted octanol–water partition coefficient (Wildman–Crippen LogP) is 2.23. The van der Waals surface area contributed by atoms with Crippen molar-refractivity contribution < 1.29 is 4.79 Å². The first-order chi connectivity index (χ1) is 8.06. The van der Waals surface area contributed by atoms with Gasteiger partial charge in [0, 0.05) is 6.54 Å². The van der Waals surface area contributed by atoms with Crippen molar-refractivity contribution in [2.45, 2.75) is 52.6 Å². The van der Waals surface area contributed by atoms with E-state index in [0.717, 1.165) is 24.8 Å². The van der Waals surface area contributed by atoms with Gasteiger partial charge >= 0.3 is 0 Å². The normalized spacial score (nSPS) is 34.0. The van der Waals surface area contributed by atoms with Crippen LogP contribution in [0, 0.1) is 17.8 Å². The fourth-order valence-corrected chi connectivity index (χ4v) is 3.25. The molecule has 1 aliphatic heterocycles. The molecule has 0 bridgehead atoms. The number of nitrogens with one attached hydrogen (secondary N) is 1. The molecule has 1 heterocycles. The molecule has 3 unspecified atom stereocenters. The molecule has 1 saturated heterocycles. The fraction of sp³-hybridized carbons (Fsp3) is 0.929. The molecule has 98 valence electrons. The van der Waals surface area contributed by atoms with Gasteiger partial charge < -0.3 is 4.90 Å². The van der Waals surface area contributed by atoms with Crippen molar-refractivity contribution in [3.05, 3.63) is 0 Å². The second kappa shape index (κ2) is 5.38. The Bertz CT molecular complexity index is 277. The van der Waals surface area contributed by atoms with Gasteiger partial charge in [-0.3, -0.25) is 10.1 Å². The van der Waals surface area contributed by atoms with E-state index in [9.17, 15) is 4.79 Å². The number of hydrogen-bond acceptors (Lipinski definition) is 2. The number of hydrogen-bond donors (Lipinski definition) is 1. The second-order valence-electron chi connectivity index (χ2n) is 6.36. The van der Waals surface area contributed by atoms with Crippen molar-refractivity contribution >= 4 is 5.91 Å². The van der Waals surface area contributed by atoms with Crippen LogP contribution < -0.4 is 5.32 Å². The molecule has 1 saturated carbocycles. The molecule has 0 spiro atoms. The number of nitrogens with zero attached hydrogens (tertiary/aromatic N) is 1. The topological polar surface area (TPSA) is 32.3 Å². The van der Waals surface area contributed by atoms with Crippen LogP contribution in [0.4, 0.5) is 0 Å². The molecule has 1 aliphatic carbocycles. The Kier molecular flexibility index (Phi) is 4.08. The Balaban J connectivity index is 1.89. The predicted molar refractivity (Wildman–Crippen MR) is 69.5 cm³/mol. The van der Waals surface area contributed by atoms with Crippen molar-refractivity contribution in [2.24, 2.45) is 17.8 Å². The van der Waals surface area contributed by atoms with Gasteiger partial charge in [0.15, 0.2) is 0 Å². The molecule has 2 aliphatic rings. The van der Waals surface area contributed by atoms with Crippen LogP contribution in [0.1, 0.15) is 46.5 Å². The molecular weight excluding hydrogens is 212 g/mol. The molecule has 0 aromatic heterocycles. The molecule has 1 N–H and O–H groups in total. The number of rotatable bonds is 4. The van der Waals surface area contributed by atoms with Crippen molar-refractivity contribution in [1.29, 1.82) is 0 Å². The highest BCUT2D eigenvalue weighted by Crippen LogP contribution is 2.31. The number of amides is 1. The monoisotopic (exact) mass is 238 g/mol. The lowest BCUT2D eigenvalue weighted by Crippen LogP contribution is -2.40. The Hall–Kier alpha value is -0.570. The molecule has 3 heteroatoms. The molecule has 0 aromatic rings. The quantitative estimate of drug-likeness (QED) is 0.814. The van der Waals surface area contributed by atoms with Gasteiger partial charge in [-0.1, -0.05) is 27.2 Å². The standard InChI is InChI=1S/C14H26N2O/c1-10(2)6-13-15-8-14(17)16(13)9-12-5-4-11(3)7-12/h10-13,15H,4-9H2,1-3H3. The Morgan fingerprint density at radius 3 is 2.76 bits per heavy atom. The van der Waals surface area contributed by atoms with E-state index in [-0.39, 0.29) is 0 Å². The summed E-state index contributed by atoms with van der Waals surface area (Å²) in [6.45, 7) is 8.30. The fourth-order valence-electron chi connectivity index (χ4n) is 3.25. The molecule has 3 nitrogen and oxygen atoms in total. The van der Waals surface area contributed by atoms with Crippen LogP contribution in [0.5, 0.6) is 0 Å². The van der Waals surface area contributed by atoms with Gasteiger partial charge in [0.1, 0.15) is 0 Å². The third-order valence-corrected chi connectivity index (χ3v) is 4.14. The van der Waals surface area contributed by atoms with Crippen molar-refractivity contribution in [2.75, 3.05) is 13.1 Å². The second-order valence-corrected chi connectivity index (χ2v) is 6.36. The Labute approximate surface area is 105 Å². The largest absolute Gasteiger partial charge is 0.326 e. The van der Waals surface area contributed by atoms with Gasteiger partial charge in [-0.05, 0) is 37.0 Å². The highest BCUT2D eigenvalue weighted by molar-refractivity contribution is 5.80. The van der Waals surface area contributed by atoms with Crippen LogP contribution in [0.25, 0.3) is 0 Å². The maximum Gasteiger partial charge on any atom is 0.237 e. The minimum atomic E-state index is 0.290. The average Bonchev–Trinajstić information content (AvgIpc) is 2.78. The summed E-state index contributed by atoms with van der Waals surface area (Å²) >= 11 is 0. The summed E-state index contributed by atoms with van der Waals surface area (Å²) in [5, 5.41) is 3.35. The van der Waals surface area contributed by atoms with Crippen LogP contribution >= 0.6 is 0 Å². The molecule has 0 aromatic carbocycles. The summed E-state index contributed by atoms with van der Waals surface area (Å²) in [5.74, 6) is 2.54. The molecule has 1 amide bonds. The maximum atomic E-state index is 11.9. The summed E-state index contributed by atoms with van der Waals surface area (Å²) in [7, 11) is 0. The van der Waals surface area contributed by atoms with E-state index in [1.54, 1.807) is 0 Å². The zero-order valence-electron chi connectivity index (χ0n) is 11.4. The third-order valence-electron chi connectivity index (χ3n) is 4.14. The van der Waals surface area contributed by atoms with Gasteiger partial charge in [-0.25, -0.2) is 0 Å². The van der Waals surface area contributed by atoms with Crippen LogP contribution in [0.15, 0.2) is 0 Å². The molecule has 3 atom stereocenters. The molecule has 2 fully saturated rings. The first-order valence-corrected chi connectivity index (χ1v) is 7.09. The molecular formula is C14H26N2O. The van der Waals surface area contributed by atoms with Crippen molar-refractivity contribution in [3.63, 3.8) is 0 Å². The zero-order valence-corrected chi connectivity index (χ0v) is 11.4. The minimum Gasteiger partial charge on any atom is -0.326 e. The van der Waals surface area contributed by atoms with Gasteiger partial charge in [0.2, 0.25) is 5.91 Å². The van der Waals surface area contributed by atoms with Crippen LogP contribution in [-0.4, -0.2) is 30.1 Å². The molecule has 17 heavy (non-hydrogen) atoms. The Morgan fingerprint density at radius 2 is 2.18 bits per heavy atom. The third kappa shape index (κ3) is 3.21. The van der Waals surface area contributed by atoms with E-state index in [0.29, 0.717) is 24.5 Å². The van der Waals surface area contributed by atoms with E-state index in [1.807, 2.05) is 0 Å². The first-order valence-electron chi connectivity index (χ1n) is 7.09. The van der Waals surface area contributed by atoms with E-state index in [1.165, 1.54) is 19.3 Å². The van der Waals surface area contributed by atoms with Crippen molar-refractivity contribution in [3.8, 4) is 0 Å². The summed E-state index contributed by atoms with van der Waals surface area (Å²) < 4.78 is 0. The summed E-state index contributed by atoms with van der Waals surface area (Å²) in [5.41, 5.74) is 0. The van der Waals surface area contributed by atoms with Gasteiger partial charge in [0.25, 0.3) is 0 Å². The average molecular weight is 238 g/mol. The smallest absolute Gasteiger partial charge is 0.237 e. The lowest BCUT2D eigenvalue weighted by Gasteiger charge is -2.28. The first kappa shape index (κ1) is 12.9. The Morgan fingerprint density at radius 1 is 1.41 bits per heavy atom. The summed E-state index contributed by atoms with van der Waals surface area (Å²) in [6, 6.07) is 0. The lowest BCUT2D eigenvalue weighted by atomic mass is 10.0. The maximum absolute atomic E-state index is 11.9. The van der Waals surface area contributed by atoms with Crippen LogP contribution in [0.3, 0.4) is 0 Å². The van der Waals surface area contributed by atoms with E-state index < -0.39 is 0 Å². The highest BCUT2D eigenvalue weighted by Gasteiger charge is 2.33. The van der Waals surface area contributed by atoms with Gasteiger partial charge in [-0.15, -0.1) is 0 Å². The number of carbonyl (C=O) groups excluding carboxylic acids is 1. The molecule has 2 rings (SSSR count). The lowest BCUT2D eigenvalue weighted by molar-refractivity contribution is -0.128. The zero-order chi connectivity index (χ0) is 12.4. The van der Waals surface area contributed by atoms with Gasteiger partial charge in [0.05, 0.1) is 12.7 Å². The molecule has 0 radical (unpaired) electrons. The van der Waals surface area contributed by atoms with Gasteiger partial charge in [-0.2, -0.15) is 0 Å². The summed E-state index contributed by atoms with van der Waals surface area (Å²) in [6.07, 6.45) is 5.32. The van der Waals surface area contributed by atoms with E-state index in [2.05, 4.69) is 31.0 Å². The van der Waals surface area contributed by atoms with E-state index >= 15 is 0 Å². The van der Waals surface area contributed by atoms with E-state index in [4.69, 9.17) is 0 Å². The minimum absolute atomic E-state index is 0.290. The number of carbonyl (C=O) groups is 1. The SMILES string of the molecule is CC(C)CC1NCC(=O)N1CC1CCC(C)C1. The van der Waals surface area contributed by atoms with Crippen LogP contribution in [-0.2, 0) is 4.79 Å².